The molecule has 1 unspecified atom stereocenters. The van der Waals surface area contributed by atoms with E-state index in [1.807, 2.05) is 111 Å². The fourth-order valence-corrected chi connectivity index (χ4v) is 3.86. The van der Waals surface area contributed by atoms with E-state index in [2.05, 4.69) is 21.4 Å². The summed E-state index contributed by atoms with van der Waals surface area (Å²) in [7, 11) is 1.97. The third kappa shape index (κ3) is 4.95. The first-order valence-electron chi connectivity index (χ1n) is 10.7. The third-order valence-electron chi connectivity index (χ3n) is 5.54. The van der Waals surface area contributed by atoms with Crippen molar-refractivity contribution in [3.63, 3.8) is 0 Å². The summed E-state index contributed by atoms with van der Waals surface area (Å²) in [6.07, 6.45) is 3.87. The molecule has 5 nitrogen and oxygen atoms in total. The van der Waals surface area contributed by atoms with Crippen LogP contribution in [0.25, 0.3) is 5.69 Å². The molecule has 0 aliphatic rings. The molecule has 0 bridgehead atoms. The molecular formula is C27H28N4O. The molecule has 0 aliphatic heterocycles. The summed E-state index contributed by atoms with van der Waals surface area (Å²) in [6, 6.07) is 25.6. The summed E-state index contributed by atoms with van der Waals surface area (Å²) < 4.78 is 1.86. The van der Waals surface area contributed by atoms with E-state index >= 15 is 0 Å². The number of anilines is 1. The SMILES string of the molecule is Cc1ccc(C)c(NC(=O)C(c2ccccc2)N(C)Cc2cnn(-c3ccccc3)c2)c1. The number of hydrogen-bond donors (Lipinski definition) is 1. The van der Waals surface area contributed by atoms with E-state index in [4.69, 9.17) is 0 Å². The highest BCUT2D eigenvalue weighted by Crippen LogP contribution is 2.25. The van der Waals surface area contributed by atoms with Crippen LogP contribution in [0, 0.1) is 13.8 Å². The second-order valence-corrected chi connectivity index (χ2v) is 8.16. The summed E-state index contributed by atoms with van der Waals surface area (Å²) in [6.45, 7) is 4.63. The van der Waals surface area contributed by atoms with Gasteiger partial charge in [0.05, 0.1) is 11.9 Å². The fourth-order valence-electron chi connectivity index (χ4n) is 3.86. The number of aromatic nitrogens is 2. The quantitative estimate of drug-likeness (QED) is 0.438. The molecule has 1 aromatic heterocycles. The van der Waals surface area contributed by atoms with Gasteiger partial charge in [0.1, 0.15) is 6.04 Å². The molecule has 1 N–H and O–H groups in total. The number of benzene rings is 3. The molecule has 4 rings (SSSR count). The average molecular weight is 425 g/mol. The van der Waals surface area contributed by atoms with Crippen LogP contribution in [0.4, 0.5) is 5.69 Å². The van der Waals surface area contributed by atoms with Crippen molar-refractivity contribution in [1.82, 2.24) is 14.7 Å². The molecular weight excluding hydrogens is 396 g/mol. The van der Waals surface area contributed by atoms with E-state index in [-0.39, 0.29) is 5.91 Å². The van der Waals surface area contributed by atoms with E-state index < -0.39 is 6.04 Å². The van der Waals surface area contributed by atoms with Crippen LogP contribution < -0.4 is 5.32 Å². The van der Waals surface area contributed by atoms with Crippen molar-refractivity contribution < 1.29 is 4.79 Å². The maximum absolute atomic E-state index is 13.5. The van der Waals surface area contributed by atoms with Crippen molar-refractivity contribution >= 4 is 11.6 Å². The predicted octanol–water partition coefficient (Wildman–Crippen LogP) is 5.30. The molecule has 1 heterocycles. The Hall–Kier alpha value is -3.70. The Balaban J connectivity index is 1.57. The van der Waals surface area contributed by atoms with Gasteiger partial charge in [-0.25, -0.2) is 4.68 Å². The number of hydrogen-bond acceptors (Lipinski definition) is 3. The molecule has 0 fully saturated rings. The number of likely N-dealkylation sites (N-methyl/N-ethyl adjacent to an activating group) is 1. The Bertz CT molecular complexity index is 1180. The number of nitrogens with zero attached hydrogens (tertiary/aromatic N) is 3. The molecule has 0 saturated heterocycles. The van der Waals surface area contributed by atoms with Gasteiger partial charge in [-0.2, -0.15) is 5.10 Å². The van der Waals surface area contributed by atoms with Crippen LogP contribution >= 0.6 is 0 Å². The number of carbonyl (C=O) groups excluding carboxylic acids is 1. The fraction of sp³-hybridized carbons (Fsp3) is 0.185. The van der Waals surface area contributed by atoms with E-state index in [1.54, 1.807) is 0 Å². The summed E-state index contributed by atoms with van der Waals surface area (Å²) in [5.41, 5.74) is 6.01. The Labute approximate surface area is 189 Å². The average Bonchev–Trinajstić information content (AvgIpc) is 3.26. The molecule has 5 heteroatoms. The minimum absolute atomic E-state index is 0.0529. The lowest BCUT2D eigenvalue weighted by molar-refractivity contribution is -0.121. The zero-order chi connectivity index (χ0) is 22.5. The number of aryl methyl sites for hydroxylation is 2. The normalized spacial score (nSPS) is 12.0. The van der Waals surface area contributed by atoms with Crippen LogP contribution in [0.15, 0.2) is 91.3 Å². The Morgan fingerprint density at radius 3 is 2.41 bits per heavy atom. The highest BCUT2D eigenvalue weighted by atomic mass is 16.2. The number of para-hydroxylation sites is 1. The first kappa shape index (κ1) is 21.5. The van der Waals surface area contributed by atoms with Crippen molar-refractivity contribution in [1.29, 1.82) is 0 Å². The first-order chi connectivity index (χ1) is 15.5. The lowest BCUT2D eigenvalue weighted by Crippen LogP contribution is -2.34. The van der Waals surface area contributed by atoms with Gasteiger partial charge in [-0.05, 0) is 55.8 Å². The lowest BCUT2D eigenvalue weighted by atomic mass is 10.0. The Morgan fingerprint density at radius 2 is 1.69 bits per heavy atom. The van der Waals surface area contributed by atoms with Gasteiger partial charge < -0.3 is 5.32 Å². The van der Waals surface area contributed by atoms with Crippen molar-refractivity contribution in [2.45, 2.75) is 26.4 Å². The largest absolute Gasteiger partial charge is 0.324 e. The second kappa shape index (κ2) is 9.62. The monoisotopic (exact) mass is 424 g/mol. The molecule has 1 amide bonds. The van der Waals surface area contributed by atoms with Crippen LogP contribution in [0.1, 0.15) is 28.3 Å². The maximum Gasteiger partial charge on any atom is 0.246 e. The van der Waals surface area contributed by atoms with Crippen LogP contribution in [-0.4, -0.2) is 27.6 Å². The summed E-state index contributed by atoms with van der Waals surface area (Å²) in [5.74, 6) is -0.0529. The van der Waals surface area contributed by atoms with E-state index in [0.29, 0.717) is 6.54 Å². The standard InChI is InChI=1S/C27H28N4O/c1-20-14-15-21(2)25(16-20)29-27(32)26(23-10-6-4-7-11-23)30(3)18-22-17-28-31(19-22)24-12-8-5-9-13-24/h4-17,19,26H,18H2,1-3H3,(H,29,32). The third-order valence-corrected chi connectivity index (χ3v) is 5.54. The topological polar surface area (TPSA) is 50.2 Å². The molecule has 3 aromatic carbocycles. The van der Waals surface area contributed by atoms with Gasteiger partial charge in [0.15, 0.2) is 0 Å². The van der Waals surface area contributed by atoms with Gasteiger partial charge >= 0.3 is 0 Å². The summed E-state index contributed by atoms with van der Waals surface area (Å²) in [4.78, 5) is 15.5. The van der Waals surface area contributed by atoms with Gasteiger partial charge in [0.2, 0.25) is 5.91 Å². The number of amides is 1. The zero-order valence-electron chi connectivity index (χ0n) is 18.7. The predicted molar refractivity (Wildman–Crippen MR) is 129 cm³/mol. The highest BCUT2D eigenvalue weighted by Gasteiger charge is 2.26. The summed E-state index contributed by atoms with van der Waals surface area (Å²) in [5, 5.41) is 7.64. The number of carbonyl (C=O) groups is 1. The van der Waals surface area contributed by atoms with Gasteiger partial charge in [0, 0.05) is 24.0 Å². The van der Waals surface area contributed by atoms with Gasteiger partial charge in [-0.1, -0.05) is 60.7 Å². The van der Waals surface area contributed by atoms with Crippen molar-refractivity contribution in [3.8, 4) is 5.69 Å². The zero-order valence-corrected chi connectivity index (χ0v) is 18.7. The van der Waals surface area contributed by atoms with E-state index in [9.17, 15) is 4.79 Å². The Morgan fingerprint density at radius 1 is 1.00 bits per heavy atom. The minimum atomic E-state index is -0.434. The smallest absolute Gasteiger partial charge is 0.246 e. The van der Waals surface area contributed by atoms with E-state index in [0.717, 1.165) is 33.6 Å². The molecule has 0 spiro atoms. The molecule has 32 heavy (non-hydrogen) atoms. The van der Waals surface area contributed by atoms with Gasteiger partial charge in [-0.15, -0.1) is 0 Å². The van der Waals surface area contributed by atoms with Crippen LogP contribution in [0.2, 0.25) is 0 Å². The van der Waals surface area contributed by atoms with Crippen molar-refractivity contribution in [3.05, 3.63) is 114 Å². The van der Waals surface area contributed by atoms with Gasteiger partial charge in [-0.3, -0.25) is 9.69 Å². The first-order valence-corrected chi connectivity index (χ1v) is 10.7. The minimum Gasteiger partial charge on any atom is -0.324 e. The lowest BCUT2D eigenvalue weighted by Gasteiger charge is -2.27. The number of rotatable bonds is 7. The molecule has 1 atom stereocenters. The Kier molecular flexibility index (Phi) is 6.47. The molecule has 0 radical (unpaired) electrons. The van der Waals surface area contributed by atoms with Gasteiger partial charge in [0.25, 0.3) is 0 Å². The molecule has 0 aliphatic carbocycles. The van der Waals surface area contributed by atoms with Crippen LogP contribution in [0.5, 0.6) is 0 Å². The molecule has 4 aromatic rings. The maximum atomic E-state index is 13.5. The van der Waals surface area contributed by atoms with Crippen molar-refractivity contribution in [2.75, 3.05) is 12.4 Å². The highest BCUT2D eigenvalue weighted by molar-refractivity contribution is 5.96. The van der Waals surface area contributed by atoms with Crippen LogP contribution in [-0.2, 0) is 11.3 Å². The van der Waals surface area contributed by atoms with Crippen LogP contribution in [0.3, 0.4) is 0 Å². The van der Waals surface area contributed by atoms with E-state index in [1.165, 1.54) is 0 Å². The molecule has 0 saturated carbocycles. The summed E-state index contributed by atoms with van der Waals surface area (Å²) >= 11 is 0. The molecule has 162 valence electrons. The second-order valence-electron chi connectivity index (χ2n) is 8.16. The van der Waals surface area contributed by atoms with Crippen molar-refractivity contribution in [2.24, 2.45) is 0 Å². The number of nitrogens with one attached hydrogen (secondary N) is 1.